The van der Waals surface area contributed by atoms with Gasteiger partial charge in [0.15, 0.2) is 0 Å². The smallest absolute Gasteiger partial charge is 0.261 e. The first kappa shape index (κ1) is 20.1. The van der Waals surface area contributed by atoms with Crippen molar-refractivity contribution >= 4 is 27.5 Å². The number of thiophene rings is 1. The third-order valence-corrected chi connectivity index (χ3v) is 6.47. The van der Waals surface area contributed by atoms with Crippen molar-refractivity contribution in [3.8, 4) is 0 Å². The van der Waals surface area contributed by atoms with E-state index in [-0.39, 0.29) is 5.91 Å². The summed E-state index contributed by atoms with van der Waals surface area (Å²) in [5, 5.41) is 8.81. The van der Waals surface area contributed by atoms with Gasteiger partial charge in [-0.05, 0) is 38.4 Å². The zero-order valence-electron chi connectivity index (χ0n) is 17.1. The Kier molecular flexibility index (Phi) is 6.28. The fourth-order valence-corrected chi connectivity index (χ4v) is 4.69. The Morgan fingerprint density at radius 3 is 2.72 bits per heavy atom. The van der Waals surface area contributed by atoms with Gasteiger partial charge in [0, 0.05) is 25.0 Å². The van der Waals surface area contributed by atoms with E-state index >= 15 is 0 Å². The van der Waals surface area contributed by atoms with Crippen LogP contribution in [0.1, 0.15) is 32.9 Å². The van der Waals surface area contributed by atoms with Crippen molar-refractivity contribution in [1.29, 1.82) is 0 Å². The van der Waals surface area contributed by atoms with Crippen molar-refractivity contribution in [2.24, 2.45) is 0 Å². The highest BCUT2D eigenvalue weighted by molar-refractivity contribution is 7.20. The van der Waals surface area contributed by atoms with Gasteiger partial charge < -0.3 is 10.1 Å². The number of hydrogen-bond donors (Lipinski definition) is 1. The Balaban J connectivity index is 1.37. The molecule has 0 aliphatic carbocycles. The molecule has 1 saturated heterocycles. The topological polar surface area (TPSA) is 59.4 Å². The number of ether oxygens (including phenoxy) is 1. The Labute approximate surface area is 175 Å². The number of carbonyl (C=O) groups is 1. The molecule has 0 atom stereocenters. The predicted molar refractivity (Wildman–Crippen MR) is 117 cm³/mol. The highest BCUT2D eigenvalue weighted by Gasteiger charge is 2.16. The van der Waals surface area contributed by atoms with Crippen LogP contribution in [0.3, 0.4) is 0 Å². The van der Waals surface area contributed by atoms with E-state index in [0.717, 1.165) is 60.1 Å². The second-order valence-corrected chi connectivity index (χ2v) is 8.65. The summed E-state index contributed by atoms with van der Waals surface area (Å²) in [5.41, 5.74) is 3.43. The quantitative estimate of drug-likeness (QED) is 0.606. The molecular weight excluding hydrogens is 384 g/mol. The Morgan fingerprint density at radius 2 is 1.97 bits per heavy atom. The van der Waals surface area contributed by atoms with Gasteiger partial charge in [-0.15, -0.1) is 11.3 Å². The monoisotopic (exact) mass is 412 g/mol. The molecule has 0 radical (unpaired) electrons. The standard InChI is InChI=1S/C22H28N4O2S/c1-16-4-6-18(7-5-16)15-26-22-19(17(2)24-26)14-20(29-22)21(27)23-8-3-9-25-10-12-28-13-11-25/h4-7,14H,3,8-13,15H2,1-2H3,(H,23,27). The predicted octanol–water partition coefficient (Wildman–Crippen LogP) is 3.22. The summed E-state index contributed by atoms with van der Waals surface area (Å²) in [7, 11) is 0. The molecule has 1 amide bonds. The number of aryl methyl sites for hydroxylation is 2. The van der Waals surface area contributed by atoms with Crippen LogP contribution in [0.15, 0.2) is 30.3 Å². The number of morpholine rings is 1. The highest BCUT2D eigenvalue weighted by Crippen LogP contribution is 2.29. The molecule has 0 bridgehead atoms. The highest BCUT2D eigenvalue weighted by atomic mass is 32.1. The van der Waals surface area contributed by atoms with Crippen molar-refractivity contribution in [2.75, 3.05) is 39.4 Å². The molecule has 1 N–H and O–H groups in total. The van der Waals surface area contributed by atoms with Crippen molar-refractivity contribution in [3.05, 3.63) is 52.0 Å². The second-order valence-electron chi connectivity index (χ2n) is 7.62. The van der Waals surface area contributed by atoms with Gasteiger partial charge in [-0.1, -0.05) is 29.8 Å². The van der Waals surface area contributed by atoms with Crippen LogP contribution in [0.4, 0.5) is 0 Å². The summed E-state index contributed by atoms with van der Waals surface area (Å²) < 4.78 is 7.38. The van der Waals surface area contributed by atoms with Crippen molar-refractivity contribution in [2.45, 2.75) is 26.8 Å². The van der Waals surface area contributed by atoms with Gasteiger partial charge in [0.2, 0.25) is 0 Å². The molecule has 29 heavy (non-hydrogen) atoms. The fraction of sp³-hybridized carbons (Fsp3) is 0.455. The molecule has 2 aromatic heterocycles. The van der Waals surface area contributed by atoms with Crippen molar-refractivity contribution < 1.29 is 9.53 Å². The minimum absolute atomic E-state index is 0.00876. The summed E-state index contributed by atoms with van der Waals surface area (Å²) >= 11 is 1.52. The summed E-state index contributed by atoms with van der Waals surface area (Å²) in [5.74, 6) is 0.00876. The third-order valence-electron chi connectivity index (χ3n) is 5.32. The second kappa shape index (κ2) is 9.07. The normalized spacial score (nSPS) is 15.1. The van der Waals surface area contributed by atoms with Crippen LogP contribution in [0.2, 0.25) is 0 Å². The number of benzene rings is 1. The zero-order chi connectivity index (χ0) is 20.2. The molecule has 1 aliphatic heterocycles. The molecule has 4 rings (SSSR count). The van der Waals surface area contributed by atoms with E-state index in [1.165, 1.54) is 22.5 Å². The molecule has 0 unspecified atom stereocenters. The van der Waals surface area contributed by atoms with Gasteiger partial charge in [-0.2, -0.15) is 5.10 Å². The first-order valence-electron chi connectivity index (χ1n) is 10.2. The maximum absolute atomic E-state index is 12.6. The first-order chi connectivity index (χ1) is 14.1. The van der Waals surface area contributed by atoms with Crippen molar-refractivity contribution in [3.63, 3.8) is 0 Å². The Hall–Kier alpha value is -2.22. The number of rotatable bonds is 7. The minimum Gasteiger partial charge on any atom is -0.379 e. The van der Waals surface area contributed by atoms with Gasteiger partial charge in [-0.25, -0.2) is 0 Å². The molecule has 0 spiro atoms. The number of amides is 1. The maximum atomic E-state index is 12.6. The average Bonchev–Trinajstić information content (AvgIpc) is 3.29. The first-order valence-corrected chi connectivity index (χ1v) is 11.0. The maximum Gasteiger partial charge on any atom is 0.261 e. The molecular formula is C22H28N4O2S. The van der Waals surface area contributed by atoms with Crippen LogP contribution in [0.25, 0.3) is 10.2 Å². The van der Waals surface area contributed by atoms with Crippen LogP contribution in [-0.2, 0) is 11.3 Å². The number of nitrogens with one attached hydrogen (secondary N) is 1. The van der Waals surface area contributed by atoms with Crippen LogP contribution in [0, 0.1) is 13.8 Å². The molecule has 3 heterocycles. The largest absolute Gasteiger partial charge is 0.379 e. The van der Waals surface area contributed by atoms with Gasteiger partial charge in [0.25, 0.3) is 5.91 Å². The Bertz CT molecular complexity index is 971. The van der Waals surface area contributed by atoms with Crippen LogP contribution < -0.4 is 5.32 Å². The minimum atomic E-state index is 0.00876. The lowest BCUT2D eigenvalue weighted by atomic mass is 10.1. The van der Waals surface area contributed by atoms with E-state index in [0.29, 0.717) is 13.1 Å². The van der Waals surface area contributed by atoms with E-state index in [2.05, 4.69) is 46.5 Å². The molecule has 0 saturated carbocycles. The number of carbonyl (C=O) groups excluding carboxylic acids is 1. The van der Waals surface area contributed by atoms with Crippen LogP contribution >= 0.6 is 11.3 Å². The molecule has 3 aromatic rings. The van der Waals surface area contributed by atoms with Gasteiger partial charge in [0.05, 0.1) is 30.3 Å². The van der Waals surface area contributed by atoms with E-state index in [1.807, 2.05) is 17.7 Å². The number of aromatic nitrogens is 2. The van der Waals surface area contributed by atoms with Gasteiger partial charge >= 0.3 is 0 Å². The summed E-state index contributed by atoms with van der Waals surface area (Å²) in [6, 6.07) is 10.5. The summed E-state index contributed by atoms with van der Waals surface area (Å²) in [6.07, 6.45) is 0.955. The van der Waals surface area contributed by atoms with E-state index in [1.54, 1.807) is 0 Å². The Morgan fingerprint density at radius 1 is 1.21 bits per heavy atom. The van der Waals surface area contributed by atoms with E-state index in [9.17, 15) is 4.79 Å². The number of nitrogens with zero attached hydrogens (tertiary/aromatic N) is 3. The van der Waals surface area contributed by atoms with E-state index in [4.69, 9.17) is 4.74 Å². The van der Waals surface area contributed by atoms with Gasteiger partial charge in [-0.3, -0.25) is 14.4 Å². The number of fused-ring (bicyclic) bond motifs is 1. The fourth-order valence-electron chi connectivity index (χ4n) is 3.61. The molecule has 1 fully saturated rings. The van der Waals surface area contributed by atoms with Gasteiger partial charge in [0.1, 0.15) is 4.83 Å². The zero-order valence-corrected chi connectivity index (χ0v) is 17.9. The van der Waals surface area contributed by atoms with Crippen LogP contribution in [0.5, 0.6) is 0 Å². The molecule has 7 heteroatoms. The van der Waals surface area contributed by atoms with Crippen LogP contribution in [-0.4, -0.2) is 60.0 Å². The van der Waals surface area contributed by atoms with E-state index < -0.39 is 0 Å². The molecule has 154 valence electrons. The summed E-state index contributed by atoms with van der Waals surface area (Å²) in [4.78, 5) is 16.8. The molecule has 1 aromatic carbocycles. The molecule has 6 nitrogen and oxygen atoms in total. The SMILES string of the molecule is Cc1ccc(Cn2nc(C)c3cc(C(=O)NCCCN4CCOCC4)sc32)cc1. The lowest BCUT2D eigenvalue weighted by Gasteiger charge is -2.26. The van der Waals surface area contributed by atoms with Crippen molar-refractivity contribution in [1.82, 2.24) is 20.0 Å². The lowest BCUT2D eigenvalue weighted by Crippen LogP contribution is -2.38. The summed E-state index contributed by atoms with van der Waals surface area (Å²) in [6.45, 7) is 10.1. The average molecular weight is 413 g/mol. The lowest BCUT2D eigenvalue weighted by molar-refractivity contribution is 0.0374. The third kappa shape index (κ3) is 4.86. The molecule has 1 aliphatic rings. The number of hydrogen-bond acceptors (Lipinski definition) is 5.